The predicted octanol–water partition coefficient (Wildman–Crippen LogP) is 3.72. The number of carbonyl (C=O) groups is 1. The van der Waals surface area contributed by atoms with E-state index in [2.05, 4.69) is 30.7 Å². The first-order valence-electron chi connectivity index (χ1n) is 8.80. The van der Waals surface area contributed by atoms with Crippen LogP contribution >= 0.6 is 0 Å². The van der Waals surface area contributed by atoms with Gasteiger partial charge in [-0.15, -0.1) is 0 Å². The van der Waals surface area contributed by atoms with E-state index in [4.69, 9.17) is 5.11 Å². The Morgan fingerprint density at radius 2 is 1.52 bits per heavy atom. The van der Waals surface area contributed by atoms with E-state index in [1.165, 1.54) is 45.3 Å². The molecule has 0 bridgehead atoms. The van der Waals surface area contributed by atoms with Crippen LogP contribution in [-0.2, 0) is 6.54 Å². The summed E-state index contributed by atoms with van der Waals surface area (Å²) < 4.78 is 0. The molecular weight excluding hydrogens is 288 g/mol. The molecule has 0 heterocycles. The van der Waals surface area contributed by atoms with Crippen LogP contribution in [0.4, 0.5) is 0 Å². The Morgan fingerprint density at radius 1 is 0.957 bits per heavy atom. The van der Waals surface area contributed by atoms with Gasteiger partial charge in [-0.25, -0.2) is 4.79 Å². The van der Waals surface area contributed by atoms with Crippen molar-refractivity contribution < 1.29 is 9.90 Å². The number of hydrogen-bond donors (Lipinski definition) is 1. The highest BCUT2D eigenvalue weighted by atomic mass is 16.4. The third-order valence-corrected chi connectivity index (χ3v) is 4.00. The Labute approximate surface area is 141 Å². The van der Waals surface area contributed by atoms with Crippen molar-refractivity contribution in [3.8, 4) is 0 Å². The summed E-state index contributed by atoms with van der Waals surface area (Å²) in [5.41, 5.74) is 1.51. The molecule has 23 heavy (non-hydrogen) atoms. The monoisotopic (exact) mass is 320 g/mol. The van der Waals surface area contributed by atoms with Crippen LogP contribution in [0.1, 0.15) is 55.5 Å². The number of unbranched alkanes of at least 4 members (excludes halogenated alkanes) is 1. The summed E-state index contributed by atoms with van der Waals surface area (Å²) in [5, 5.41) is 8.91. The van der Waals surface area contributed by atoms with E-state index in [1.54, 1.807) is 12.1 Å². The summed E-state index contributed by atoms with van der Waals surface area (Å²) in [7, 11) is 2.13. The fourth-order valence-corrected chi connectivity index (χ4v) is 2.83. The fraction of sp³-hybridized carbons (Fsp3) is 0.632. The molecule has 0 saturated carbocycles. The van der Waals surface area contributed by atoms with Crippen LogP contribution in [0, 0.1) is 0 Å². The van der Waals surface area contributed by atoms with Crippen LogP contribution in [0.15, 0.2) is 24.3 Å². The van der Waals surface area contributed by atoms with E-state index in [9.17, 15) is 4.79 Å². The topological polar surface area (TPSA) is 43.8 Å². The third-order valence-electron chi connectivity index (χ3n) is 4.00. The Kier molecular flexibility index (Phi) is 9.57. The van der Waals surface area contributed by atoms with Gasteiger partial charge in [0, 0.05) is 6.54 Å². The van der Waals surface area contributed by atoms with Crippen molar-refractivity contribution in [2.45, 2.75) is 46.1 Å². The lowest BCUT2D eigenvalue weighted by Crippen LogP contribution is -2.27. The second-order valence-corrected chi connectivity index (χ2v) is 6.29. The van der Waals surface area contributed by atoms with Gasteiger partial charge in [-0.05, 0) is 76.6 Å². The molecule has 0 aliphatic rings. The second-order valence-electron chi connectivity index (χ2n) is 6.29. The number of nitrogens with zero attached hydrogens (tertiary/aromatic N) is 2. The average Bonchev–Trinajstić information content (AvgIpc) is 2.52. The lowest BCUT2D eigenvalue weighted by Gasteiger charge is -2.22. The van der Waals surface area contributed by atoms with Gasteiger partial charge in [-0.3, -0.25) is 0 Å². The maximum absolute atomic E-state index is 10.8. The van der Waals surface area contributed by atoms with Gasteiger partial charge < -0.3 is 14.9 Å². The van der Waals surface area contributed by atoms with Crippen LogP contribution in [0.25, 0.3) is 0 Å². The van der Waals surface area contributed by atoms with Crippen molar-refractivity contribution in [1.82, 2.24) is 9.80 Å². The Balaban J connectivity index is 2.25. The molecule has 0 aliphatic carbocycles. The van der Waals surface area contributed by atoms with E-state index in [0.29, 0.717) is 5.56 Å². The highest BCUT2D eigenvalue weighted by molar-refractivity contribution is 5.87. The zero-order chi connectivity index (χ0) is 17.1. The van der Waals surface area contributed by atoms with Gasteiger partial charge in [0.2, 0.25) is 0 Å². The third kappa shape index (κ3) is 8.14. The molecule has 0 radical (unpaired) electrons. The van der Waals surface area contributed by atoms with E-state index in [1.807, 2.05) is 12.1 Å². The number of carboxylic acid groups (broad SMARTS) is 1. The van der Waals surface area contributed by atoms with E-state index in [0.717, 1.165) is 18.7 Å². The molecule has 0 unspecified atom stereocenters. The molecular formula is C19H32N2O2. The summed E-state index contributed by atoms with van der Waals surface area (Å²) in [5.74, 6) is -0.867. The van der Waals surface area contributed by atoms with E-state index < -0.39 is 5.97 Å². The van der Waals surface area contributed by atoms with Crippen molar-refractivity contribution in [3.63, 3.8) is 0 Å². The molecule has 0 aromatic heterocycles. The Bertz CT molecular complexity index is 439. The number of rotatable bonds is 12. The zero-order valence-corrected chi connectivity index (χ0v) is 14.9. The van der Waals surface area contributed by atoms with Crippen LogP contribution in [0.2, 0.25) is 0 Å². The van der Waals surface area contributed by atoms with Crippen LogP contribution in [0.5, 0.6) is 0 Å². The zero-order valence-electron chi connectivity index (χ0n) is 14.9. The normalized spacial score (nSPS) is 11.3. The Hall–Kier alpha value is -1.39. The highest BCUT2D eigenvalue weighted by Gasteiger charge is 2.05. The number of hydrogen-bond acceptors (Lipinski definition) is 3. The Morgan fingerprint density at radius 3 is 2.04 bits per heavy atom. The minimum atomic E-state index is -0.867. The molecule has 0 aliphatic heterocycles. The average molecular weight is 320 g/mol. The molecule has 1 aromatic rings. The maximum Gasteiger partial charge on any atom is 0.335 e. The molecule has 0 fully saturated rings. The van der Waals surface area contributed by atoms with Gasteiger partial charge >= 0.3 is 5.97 Å². The first-order valence-corrected chi connectivity index (χ1v) is 8.80. The SMILES string of the molecule is CCCN(CCC)CCCCN(C)Cc1ccc(C(=O)O)cc1. The number of aromatic carboxylic acids is 1. The van der Waals surface area contributed by atoms with Crippen molar-refractivity contribution in [3.05, 3.63) is 35.4 Å². The van der Waals surface area contributed by atoms with Crippen LogP contribution in [-0.4, -0.2) is 54.1 Å². The largest absolute Gasteiger partial charge is 0.478 e. The summed E-state index contributed by atoms with van der Waals surface area (Å²) in [4.78, 5) is 15.7. The second kappa shape index (κ2) is 11.2. The standard InChI is InChI=1S/C19H32N2O2/c1-4-12-21(13-5-2)15-7-6-14-20(3)16-17-8-10-18(11-9-17)19(22)23/h8-11H,4-7,12-16H2,1-3H3,(H,22,23). The van der Waals surface area contributed by atoms with Gasteiger partial charge in [-0.2, -0.15) is 0 Å². The van der Waals surface area contributed by atoms with Crippen LogP contribution < -0.4 is 0 Å². The molecule has 1 aromatic carbocycles. The molecule has 4 nitrogen and oxygen atoms in total. The summed E-state index contributed by atoms with van der Waals surface area (Å²) in [6, 6.07) is 7.17. The minimum Gasteiger partial charge on any atom is -0.478 e. The number of carboxylic acids is 1. The van der Waals surface area contributed by atoms with E-state index in [-0.39, 0.29) is 0 Å². The van der Waals surface area contributed by atoms with Gasteiger partial charge in [-0.1, -0.05) is 26.0 Å². The van der Waals surface area contributed by atoms with Crippen LogP contribution in [0.3, 0.4) is 0 Å². The van der Waals surface area contributed by atoms with Crippen molar-refractivity contribution >= 4 is 5.97 Å². The summed E-state index contributed by atoms with van der Waals surface area (Å²) in [6.07, 6.45) is 4.90. The first kappa shape index (κ1) is 19.7. The molecule has 1 rings (SSSR count). The molecule has 0 amide bonds. The van der Waals surface area contributed by atoms with Crippen molar-refractivity contribution in [2.75, 3.05) is 33.2 Å². The number of benzene rings is 1. The highest BCUT2D eigenvalue weighted by Crippen LogP contribution is 2.08. The quantitative estimate of drug-likeness (QED) is 0.596. The molecule has 0 spiro atoms. The predicted molar refractivity (Wildman–Crippen MR) is 96.0 cm³/mol. The van der Waals surface area contributed by atoms with Gasteiger partial charge in [0.1, 0.15) is 0 Å². The lowest BCUT2D eigenvalue weighted by atomic mass is 10.1. The molecule has 4 heteroatoms. The lowest BCUT2D eigenvalue weighted by molar-refractivity contribution is 0.0697. The summed E-state index contributed by atoms with van der Waals surface area (Å²) >= 11 is 0. The van der Waals surface area contributed by atoms with E-state index >= 15 is 0 Å². The van der Waals surface area contributed by atoms with Gasteiger partial charge in [0.05, 0.1) is 5.56 Å². The van der Waals surface area contributed by atoms with Crippen molar-refractivity contribution in [2.24, 2.45) is 0 Å². The van der Waals surface area contributed by atoms with Gasteiger partial charge in [0.15, 0.2) is 0 Å². The molecule has 0 atom stereocenters. The minimum absolute atomic E-state index is 0.350. The smallest absolute Gasteiger partial charge is 0.335 e. The molecule has 1 N–H and O–H groups in total. The van der Waals surface area contributed by atoms with Gasteiger partial charge in [0.25, 0.3) is 0 Å². The first-order chi connectivity index (χ1) is 11.1. The van der Waals surface area contributed by atoms with Crippen molar-refractivity contribution in [1.29, 1.82) is 0 Å². The molecule has 130 valence electrons. The molecule has 0 saturated heterocycles. The fourth-order valence-electron chi connectivity index (χ4n) is 2.83. The summed E-state index contributed by atoms with van der Waals surface area (Å²) in [6.45, 7) is 10.0. The maximum atomic E-state index is 10.8.